The fraction of sp³-hybridized carbons (Fsp3) is 0.321. The van der Waals surface area contributed by atoms with Crippen LogP contribution >= 0.6 is 0 Å². The van der Waals surface area contributed by atoms with Gasteiger partial charge in [0, 0.05) is 6.54 Å². The van der Waals surface area contributed by atoms with Gasteiger partial charge in [0.25, 0.3) is 0 Å². The first-order valence-electron chi connectivity index (χ1n) is 12.0. The minimum absolute atomic E-state index is 0.0155. The molecule has 0 aromatic heterocycles. The molecule has 2 unspecified atom stereocenters. The second-order valence-electron chi connectivity index (χ2n) is 9.09. The quantitative estimate of drug-likeness (QED) is 0.264. The van der Waals surface area contributed by atoms with E-state index in [0.717, 1.165) is 10.8 Å². The number of carbonyl (C=O) groups excluding carboxylic acids is 2. The number of urea groups is 1. The van der Waals surface area contributed by atoms with E-state index in [4.69, 9.17) is 9.47 Å². The molecule has 0 radical (unpaired) electrons. The average Bonchev–Trinajstić information content (AvgIpc) is 2.87. The van der Waals surface area contributed by atoms with Gasteiger partial charge in [-0.15, -0.1) is 0 Å². The van der Waals surface area contributed by atoms with Crippen LogP contribution in [0, 0.1) is 5.92 Å². The molecule has 2 atom stereocenters. The fourth-order valence-electron chi connectivity index (χ4n) is 3.94. The van der Waals surface area contributed by atoms with E-state index >= 15 is 0 Å². The molecule has 0 fully saturated rings. The Kier molecular flexibility index (Phi) is 9.45. The van der Waals surface area contributed by atoms with Crippen molar-refractivity contribution in [3.05, 3.63) is 72.3 Å². The molecule has 0 aliphatic rings. The second kappa shape index (κ2) is 12.7. The number of amides is 2. The van der Waals surface area contributed by atoms with Gasteiger partial charge < -0.3 is 29.9 Å². The van der Waals surface area contributed by atoms with Gasteiger partial charge >= 0.3 is 18.0 Å². The zero-order valence-electron chi connectivity index (χ0n) is 21.1. The first-order valence-corrected chi connectivity index (χ1v) is 12.0. The van der Waals surface area contributed by atoms with Gasteiger partial charge in [-0.05, 0) is 40.5 Å². The molecule has 37 heavy (non-hydrogen) atoms. The number of nitrogens with one attached hydrogen (secondary N) is 1. The second-order valence-corrected chi connectivity index (χ2v) is 9.09. The molecule has 2 amide bonds. The first kappa shape index (κ1) is 27.5. The molecule has 0 saturated heterocycles. The number of carboxylic acids is 1. The van der Waals surface area contributed by atoms with Crippen LogP contribution in [0.4, 0.5) is 4.79 Å². The van der Waals surface area contributed by atoms with Gasteiger partial charge in [0.05, 0.1) is 26.1 Å². The third kappa shape index (κ3) is 7.68. The maximum Gasteiger partial charge on any atom is 0.342 e. The van der Waals surface area contributed by atoms with E-state index < -0.39 is 30.1 Å². The van der Waals surface area contributed by atoms with Gasteiger partial charge in [-0.1, -0.05) is 62.4 Å². The summed E-state index contributed by atoms with van der Waals surface area (Å²) in [6, 6.07) is 18.2. The standard InChI is InChI=1S/C28H32N2O7/c1-18(2)16-30(17-23(31)27(34)37-25-11-7-6-10-24(25)36-3)28(35)29-22(15-26(32)33)21-13-12-19-8-4-5-9-20(19)14-21/h4-14,18,22-23,31H,15-17H2,1-3H3,(H,29,35)(H,32,33). The average molecular weight is 509 g/mol. The van der Waals surface area contributed by atoms with Crippen LogP contribution in [0.5, 0.6) is 11.5 Å². The van der Waals surface area contributed by atoms with Gasteiger partial charge in [-0.3, -0.25) is 4.79 Å². The predicted molar refractivity (Wildman–Crippen MR) is 139 cm³/mol. The predicted octanol–water partition coefficient (Wildman–Crippen LogP) is 4.00. The number of fused-ring (bicyclic) bond motifs is 1. The number of hydrogen-bond donors (Lipinski definition) is 3. The van der Waals surface area contributed by atoms with E-state index in [2.05, 4.69) is 5.32 Å². The molecule has 0 bridgehead atoms. The van der Waals surface area contributed by atoms with Gasteiger partial charge in [0.1, 0.15) is 0 Å². The van der Waals surface area contributed by atoms with Crippen LogP contribution in [0.15, 0.2) is 66.7 Å². The molecule has 0 aliphatic carbocycles. The van der Waals surface area contributed by atoms with E-state index in [1.165, 1.54) is 18.1 Å². The summed E-state index contributed by atoms with van der Waals surface area (Å²) in [5.74, 6) is -1.53. The number of carbonyl (C=O) groups is 3. The van der Waals surface area contributed by atoms with Crippen LogP contribution in [0.25, 0.3) is 10.8 Å². The number of ether oxygens (including phenoxy) is 2. The third-order valence-electron chi connectivity index (χ3n) is 5.67. The Morgan fingerprint density at radius 2 is 1.57 bits per heavy atom. The lowest BCUT2D eigenvalue weighted by molar-refractivity contribution is -0.144. The van der Waals surface area contributed by atoms with Crippen molar-refractivity contribution in [2.24, 2.45) is 5.92 Å². The fourth-order valence-corrected chi connectivity index (χ4v) is 3.94. The summed E-state index contributed by atoms with van der Waals surface area (Å²) < 4.78 is 10.4. The lowest BCUT2D eigenvalue weighted by Gasteiger charge is -2.29. The number of nitrogens with zero attached hydrogens (tertiary/aromatic N) is 1. The molecule has 0 aliphatic heterocycles. The molecule has 9 nitrogen and oxygen atoms in total. The lowest BCUT2D eigenvalue weighted by atomic mass is 10.00. The van der Waals surface area contributed by atoms with Gasteiger partial charge in [0.15, 0.2) is 17.6 Å². The molecule has 3 rings (SSSR count). The summed E-state index contributed by atoms with van der Waals surface area (Å²) in [6.07, 6.45) is -1.97. The highest BCUT2D eigenvalue weighted by Crippen LogP contribution is 2.26. The number of methoxy groups -OCH3 is 1. The number of carboxylic acid groups (broad SMARTS) is 1. The van der Waals surface area contributed by atoms with Crippen LogP contribution in [0.3, 0.4) is 0 Å². The molecule has 9 heteroatoms. The summed E-state index contributed by atoms with van der Waals surface area (Å²) in [5, 5.41) is 24.7. The van der Waals surface area contributed by atoms with Gasteiger partial charge in [-0.2, -0.15) is 0 Å². The van der Waals surface area contributed by atoms with E-state index in [1.54, 1.807) is 24.3 Å². The molecule has 0 saturated carbocycles. The highest BCUT2D eigenvalue weighted by molar-refractivity contribution is 5.84. The zero-order chi connectivity index (χ0) is 26.9. The van der Waals surface area contributed by atoms with Crippen LogP contribution < -0.4 is 14.8 Å². The van der Waals surface area contributed by atoms with Gasteiger partial charge in [0.2, 0.25) is 0 Å². The van der Waals surface area contributed by atoms with E-state index in [1.807, 2.05) is 50.2 Å². The van der Waals surface area contributed by atoms with Crippen LogP contribution in [0.2, 0.25) is 0 Å². The Morgan fingerprint density at radius 3 is 2.22 bits per heavy atom. The van der Waals surface area contributed by atoms with Crippen molar-refractivity contribution < 1.29 is 34.1 Å². The number of aliphatic hydroxyl groups is 1. The summed E-state index contributed by atoms with van der Waals surface area (Å²) in [5.41, 5.74) is 0.634. The minimum atomic E-state index is -1.63. The minimum Gasteiger partial charge on any atom is -0.493 e. The smallest absolute Gasteiger partial charge is 0.342 e. The van der Waals surface area contributed by atoms with Crippen molar-refractivity contribution >= 4 is 28.7 Å². The first-order chi connectivity index (χ1) is 17.7. The Morgan fingerprint density at radius 1 is 0.919 bits per heavy atom. The summed E-state index contributed by atoms with van der Waals surface area (Å²) in [7, 11) is 1.43. The maximum atomic E-state index is 13.3. The number of benzene rings is 3. The topological polar surface area (TPSA) is 125 Å². The third-order valence-corrected chi connectivity index (χ3v) is 5.67. The summed E-state index contributed by atoms with van der Waals surface area (Å²) in [4.78, 5) is 38.7. The van der Waals surface area contributed by atoms with Crippen molar-refractivity contribution in [2.75, 3.05) is 20.2 Å². The van der Waals surface area contributed by atoms with Crippen molar-refractivity contribution in [3.8, 4) is 11.5 Å². The number of aliphatic carboxylic acids is 1. The molecular formula is C28H32N2O7. The van der Waals surface area contributed by atoms with E-state index in [-0.39, 0.29) is 31.2 Å². The number of esters is 1. The number of para-hydroxylation sites is 2. The molecule has 3 aromatic carbocycles. The Bertz CT molecular complexity index is 1240. The van der Waals surface area contributed by atoms with Gasteiger partial charge in [-0.25, -0.2) is 9.59 Å². The zero-order valence-corrected chi connectivity index (χ0v) is 21.1. The van der Waals surface area contributed by atoms with Crippen molar-refractivity contribution in [1.82, 2.24) is 10.2 Å². The lowest BCUT2D eigenvalue weighted by Crippen LogP contribution is -2.48. The molecular weight excluding hydrogens is 476 g/mol. The van der Waals surface area contributed by atoms with Crippen LogP contribution in [-0.2, 0) is 9.59 Å². The number of aliphatic hydroxyl groups excluding tert-OH is 1. The summed E-state index contributed by atoms with van der Waals surface area (Å²) >= 11 is 0. The highest BCUT2D eigenvalue weighted by Gasteiger charge is 2.28. The number of hydrogen-bond acceptors (Lipinski definition) is 6. The van der Waals surface area contributed by atoms with Crippen LogP contribution in [-0.4, -0.2) is 59.4 Å². The largest absolute Gasteiger partial charge is 0.493 e. The SMILES string of the molecule is COc1ccccc1OC(=O)C(O)CN(CC(C)C)C(=O)NC(CC(=O)O)c1ccc2ccccc2c1. The normalized spacial score (nSPS) is 12.6. The molecule has 0 spiro atoms. The monoisotopic (exact) mass is 508 g/mol. The highest BCUT2D eigenvalue weighted by atomic mass is 16.6. The summed E-state index contributed by atoms with van der Waals surface area (Å²) in [6.45, 7) is 3.66. The van der Waals surface area contributed by atoms with E-state index in [9.17, 15) is 24.6 Å². The van der Waals surface area contributed by atoms with Crippen molar-refractivity contribution in [2.45, 2.75) is 32.4 Å². The Hall–Kier alpha value is -4.11. The molecule has 3 N–H and O–H groups in total. The molecule has 0 heterocycles. The molecule has 3 aromatic rings. The number of rotatable bonds is 11. The maximum absolute atomic E-state index is 13.3. The van der Waals surface area contributed by atoms with Crippen molar-refractivity contribution in [1.29, 1.82) is 0 Å². The van der Waals surface area contributed by atoms with Crippen LogP contribution in [0.1, 0.15) is 31.9 Å². The molecule has 196 valence electrons. The Balaban J connectivity index is 1.76. The van der Waals surface area contributed by atoms with E-state index in [0.29, 0.717) is 11.3 Å². The Labute approximate surface area is 215 Å². The van der Waals surface area contributed by atoms with Crippen molar-refractivity contribution in [3.63, 3.8) is 0 Å².